The SMILES string of the molecule is C[C@H]1CCCC[C@]12NC(=O)N(CC(=O)OCC(=O)Nc1ccccc1)C2=O. The lowest BCUT2D eigenvalue weighted by Crippen LogP contribution is -2.54. The predicted molar refractivity (Wildman–Crippen MR) is 96.6 cm³/mol. The van der Waals surface area contributed by atoms with Gasteiger partial charge in [0, 0.05) is 5.69 Å². The Balaban J connectivity index is 1.52. The highest BCUT2D eigenvalue weighted by molar-refractivity contribution is 6.09. The van der Waals surface area contributed by atoms with Gasteiger partial charge >= 0.3 is 12.0 Å². The standard InChI is InChI=1S/C19H23N3O5/c1-13-7-5-6-10-19(13)17(25)22(18(26)21-19)11-16(24)27-12-15(23)20-14-8-3-2-4-9-14/h2-4,8-9,13H,5-7,10-12H2,1H3,(H,20,23)(H,21,26)/t13-,19-/m0/s1. The van der Waals surface area contributed by atoms with Crippen LogP contribution in [0.15, 0.2) is 30.3 Å². The molecule has 2 atom stereocenters. The third kappa shape index (κ3) is 3.94. The number of esters is 1. The second-order valence-electron chi connectivity index (χ2n) is 7.01. The monoisotopic (exact) mass is 373 g/mol. The first-order valence-electron chi connectivity index (χ1n) is 9.07. The largest absolute Gasteiger partial charge is 0.454 e. The van der Waals surface area contributed by atoms with Crippen molar-refractivity contribution in [1.82, 2.24) is 10.2 Å². The number of nitrogens with one attached hydrogen (secondary N) is 2. The van der Waals surface area contributed by atoms with E-state index in [0.717, 1.165) is 24.2 Å². The van der Waals surface area contributed by atoms with Gasteiger partial charge in [-0.1, -0.05) is 38.0 Å². The van der Waals surface area contributed by atoms with Crippen molar-refractivity contribution in [3.8, 4) is 0 Å². The van der Waals surface area contributed by atoms with E-state index in [1.165, 1.54) is 0 Å². The average Bonchev–Trinajstić information content (AvgIpc) is 2.88. The molecule has 8 nitrogen and oxygen atoms in total. The maximum Gasteiger partial charge on any atom is 0.326 e. The Morgan fingerprint density at radius 2 is 2.00 bits per heavy atom. The summed E-state index contributed by atoms with van der Waals surface area (Å²) in [6.45, 7) is 0.948. The van der Waals surface area contributed by atoms with Crippen LogP contribution in [-0.4, -0.2) is 47.4 Å². The van der Waals surface area contributed by atoms with Crippen LogP contribution >= 0.6 is 0 Å². The fourth-order valence-corrected chi connectivity index (χ4v) is 3.68. The average molecular weight is 373 g/mol. The van der Waals surface area contributed by atoms with Crippen molar-refractivity contribution in [3.63, 3.8) is 0 Å². The molecule has 1 aliphatic heterocycles. The minimum atomic E-state index is -0.916. The molecular weight excluding hydrogens is 350 g/mol. The summed E-state index contributed by atoms with van der Waals surface area (Å²) in [5, 5.41) is 5.36. The fourth-order valence-electron chi connectivity index (χ4n) is 3.68. The highest BCUT2D eigenvalue weighted by atomic mass is 16.5. The van der Waals surface area contributed by atoms with Gasteiger partial charge in [-0.05, 0) is 30.9 Å². The number of amides is 4. The molecule has 1 saturated heterocycles. The number of rotatable bonds is 5. The molecular formula is C19H23N3O5. The predicted octanol–water partition coefficient (Wildman–Crippen LogP) is 1.67. The molecule has 1 heterocycles. The number of urea groups is 1. The number of benzene rings is 1. The van der Waals surface area contributed by atoms with Gasteiger partial charge in [0.05, 0.1) is 0 Å². The number of ether oxygens (including phenoxy) is 1. The quantitative estimate of drug-likeness (QED) is 0.603. The van der Waals surface area contributed by atoms with Crippen LogP contribution in [0, 0.1) is 5.92 Å². The Hall–Kier alpha value is -2.90. The Morgan fingerprint density at radius 3 is 2.70 bits per heavy atom. The van der Waals surface area contributed by atoms with Gasteiger partial charge in [-0.2, -0.15) is 0 Å². The van der Waals surface area contributed by atoms with Crippen LogP contribution in [0.5, 0.6) is 0 Å². The molecule has 27 heavy (non-hydrogen) atoms. The smallest absolute Gasteiger partial charge is 0.326 e. The van der Waals surface area contributed by atoms with Crippen LogP contribution in [0.1, 0.15) is 32.6 Å². The molecule has 1 aromatic carbocycles. The first kappa shape index (κ1) is 18.9. The van der Waals surface area contributed by atoms with E-state index in [4.69, 9.17) is 4.74 Å². The molecule has 3 rings (SSSR count). The van der Waals surface area contributed by atoms with Gasteiger partial charge in [0.1, 0.15) is 12.1 Å². The van der Waals surface area contributed by atoms with Crippen LogP contribution in [0.25, 0.3) is 0 Å². The van der Waals surface area contributed by atoms with E-state index in [1.807, 2.05) is 13.0 Å². The molecule has 2 N–H and O–H groups in total. The normalized spacial score (nSPS) is 24.6. The molecule has 0 bridgehead atoms. The summed E-state index contributed by atoms with van der Waals surface area (Å²) < 4.78 is 4.91. The molecule has 1 saturated carbocycles. The molecule has 2 aliphatic rings. The van der Waals surface area contributed by atoms with Crippen LogP contribution in [0.3, 0.4) is 0 Å². The molecule has 8 heteroatoms. The van der Waals surface area contributed by atoms with E-state index in [2.05, 4.69) is 10.6 Å². The molecule has 1 spiro atoms. The summed E-state index contributed by atoms with van der Waals surface area (Å²) in [7, 11) is 0. The molecule has 0 aromatic heterocycles. The molecule has 2 fully saturated rings. The second-order valence-corrected chi connectivity index (χ2v) is 7.01. The number of carbonyl (C=O) groups is 4. The Bertz CT molecular complexity index is 751. The summed E-state index contributed by atoms with van der Waals surface area (Å²) in [5.74, 6) is -1.67. The molecule has 4 amide bonds. The van der Waals surface area contributed by atoms with E-state index < -0.39 is 36.6 Å². The van der Waals surface area contributed by atoms with Crippen LogP contribution in [0.4, 0.5) is 10.5 Å². The minimum absolute atomic E-state index is 0.0142. The summed E-state index contributed by atoms with van der Waals surface area (Å²) in [5.41, 5.74) is -0.332. The highest BCUT2D eigenvalue weighted by Crippen LogP contribution is 2.38. The third-order valence-electron chi connectivity index (χ3n) is 5.21. The minimum Gasteiger partial charge on any atom is -0.454 e. The summed E-state index contributed by atoms with van der Waals surface area (Å²) in [6.07, 6.45) is 3.30. The van der Waals surface area contributed by atoms with Gasteiger partial charge in [-0.15, -0.1) is 0 Å². The van der Waals surface area contributed by atoms with E-state index in [9.17, 15) is 19.2 Å². The second kappa shape index (κ2) is 7.77. The Labute approximate surface area is 157 Å². The number of hydrogen-bond acceptors (Lipinski definition) is 5. The number of imide groups is 1. The van der Waals surface area contributed by atoms with Gasteiger partial charge in [0.2, 0.25) is 0 Å². The zero-order chi connectivity index (χ0) is 19.4. The molecule has 1 aromatic rings. The number of anilines is 1. The number of para-hydroxylation sites is 1. The Morgan fingerprint density at radius 1 is 1.26 bits per heavy atom. The van der Waals surface area contributed by atoms with Crippen LogP contribution in [0.2, 0.25) is 0 Å². The van der Waals surface area contributed by atoms with Gasteiger partial charge in [-0.3, -0.25) is 19.3 Å². The lowest BCUT2D eigenvalue weighted by atomic mass is 9.73. The van der Waals surface area contributed by atoms with Gasteiger partial charge in [0.25, 0.3) is 11.8 Å². The first-order chi connectivity index (χ1) is 12.9. The van der Waals surface area contributed by atoms with Crippen LogP contribution in [-0.2, 0) is 19.1 Å². The fraction of sp³-hybridized carbons (Fsp3) is 0.474. The first-order valence-corrected chi connectivity index (χ1v) is 9.07. The maximum atomic E-state index is 12.8. The van der Waals surface area contributed by atoms with Crippen molar-refractivity contribution >= 4 is 29.5 Å². The number of nitrogens with zero attached hydrogens (tertiary/aromatic N) is 1. The maximum absolute atomic E-state index is 12.8. The van der Waals surface area contributed by atoms with E-state index in [1.54, 1.807) is 24.3 Å². The van der Waals surface area contributed by atoms with Crippen molar-refractivity contribution in [2.45, 2.75) is 38.1 Å². The lowest BCUT2D eigenvalue weighted by Gasteiger charge is -2.36. The zero-order valence-electron chi connectivity index (χ0n) is 15.2. The van der Waals surface area contributed by atoms with Crippen molar-refractivity contribution in [1.29, 1.82) is 0 Å². The van der Waals surface area contributed by atoms with Crippen molar-refractivity contribution in [3.05, 3.63) is 30.3 Å². The summed E-state index contributed by atoms with van der Waals surface area (Å²) in [4.78, 5) is 49.7. The van der Waals surface area contributed by atoms with Crippen LogP contribution < -0.4 is 10.6 Å². The molecule has 144 valence electrons. The Kier molecular flexibility index (Phi) is 5.43. The number of hydrogen-bond donors (Lipinski definition) is 2. The van der Waals surface area contributed by atoms with Gasteiger partial charge in [-0.25, -0.2) is 4.79 Å². The lowest BCUT2D eigenvalue weighted by molar-refractivity contribution is -0.150. The zero-order valence-corrected chi connectivity index (χ0v) is 15.2. The van der Waals surface area contributed by atoms with E-state index in [-0.39, 0.29) is 11.8 Å². The highest BCUT2D eigenvalue weighted by Gasteiger charge is 2.55. The summed E-state index contributed by atoms with van der Waals surface area (Å²) >= 11 is 0. The molecule has 0 unspecified atom stereocenters. The van der Waals surface area contributed by atoms with E-state index >= 15 is 0 Å². The van der Waals surface area contributed by atoms with Crippen molar-refractivity contribution < 1.29 is 23.9 Å². The number of carbonyl (C=O) groups excluding carboxylic acids is 4. The topological polar surface area (TPSA) is 105 Å². The molecule has 1 aliphatic carbocycles. The molecule has 0 radical (unpaired) electrons. The third-order valence-corrected chi connectivity index (χ3v) is 5.21. The van der Waals surface area contributed by atoms with E-state index in [0.29, 0.717) is 12.1 Å². The van der Waals surface area contributed by atoms with Crippen molar-refractivity contribution in [2.75, 3.05) is 18.5 Å². The van der Waals surface area contributed by atoms with Gasteiger partial charge in [0.15, 0.2) is 6.61 Å². The van der Waals surface area contributed by atoms with Gasteiger partial charge < -0.3 is 15.4 Å². The van der Waals surface area contributed by atoms with Crippen molar-refractivity contribution in [2.24, 2.45) is 5.92 Å². The summed E-state index contributed by atoms with van der Waals surface area (Å²) in [6, 6.07) is 8.17.